The van der Waals surface area contributed by atoms with Crippen molar-refractivity contribution in [2.75, 3.05) is 0 Å². The summed E-state index contributed by atoms with van der Waals surface area (Å²) in [4.78, 5) is 3.81. The Morgan fingerprint density at radius 3 is 1.70 bits per heavy atom. The van der Waals surface area contributed by atoms with Crippen LogP contribution in [0, 0.1) is 41.5 Å². The first-order chi connectivity index (χ1) is 15.1. The molecule has 0 aromatic heterocycles. The summed E-state index contributed by atoms with van der Waals surface area (Å²) in [5.74, 6) is 0. The average molecular weight is 511 g/mol. The summed E-state index contributed by atoms with van der Waals surface area (Å²) >= 11 is 19.9. The van der Waals surface area contributed by atoms with Crippen LogP contribution in [0.5, 0.6) is 0 Å². The molecule has 174 valence electrons. The van der Waals surface area contributed by atoms with Gasteiger partial charge in [0.2, 0.25) is 0 Å². The van der Waals surface area contributed by atoms with E-state index in [4.69, 9.17) is 50.5 Å². The van der Waals surface area contributed by atoms with Crippen LogP contribution in [-0.2, 0) is 5.41 Å². The molecule has 5 heteroatoms. The molecule has 0 nitrogen and oxygen atoms in total. The van der Waals surface area contributed by atoms with Crippen LogP contribution in [0.1, 0.15) is 59.7 Å². The van der Waals surface area contributed by atoms with Gasteiger partial charge < -0.3 is 0 Å². The number of hydrogen-bond acceptors (Lipinski definition) is 4. The fourth-order valence-corrected chi connectivity index (χ4v) is 6.17. The van der Waals surface area contributed by atoms with Crippen molar-refractivity contribution >= 4 is 63.8 Å². The van der Waals surface area contributed by atoms with E-state index in [1.165, 1.54) is 50.0 Å². The lowest BCUT2D eigenvalue weighted by atomic mass is 9.79. The second-order valence-corrected chi connectivity index (χ2v) is 12.1. The maximum atomic E-state index is 5.20. The molecule has 0 aliphatic carbocycles. The standard InChI is InChI=1S/C28H35BS4/c1-12-10-18(28(7,8)9)11-19(13(12)2)22-26(32)21(17(6)25(31)27(22)33)20-14(3)15(4)24(30)23(29)16(20)5/h10-11,30-33H,29H2,1-9H3. The molecule has 3 rings (SSSR count). The molecule has 0 saturated heterocycles. The molecule has 0 bridgehead atoms. The van der Waals surface area contributed by atoms with E-state index in [9.17, 15) is 0 Å². The summed E-state index contributed by atoms with van der Waals surface area (Å²) < 4.78 is 0. The molecule has 3 aromatic rings. The molecule has 0 saturated carbocycles. The van der Waals surface area contributed by atoms with Crippen LogP contribution in [-0.4, -0.2) is 7.85 Å². The van der Waals surface area contributed by atoms with Gasteiger partial charge in [-0.3, -0.25) is 0 Å². The van der Waals surface area contributed by atoms with Crippen molar-refractivity contribution in [1.82, 2.24) is 0 Å². The number of hydrogen-bond donors (Lipinski definition) is 4. The van der Waals surface area contributed by atoms with E-state index in [2.05, 4.69) is 82.3 Å². The Balaban J connectivity index is 2.53. The molecule has 0 radical (unpaired) electrons. The highest BCUT2D eigenvalue weighted by Crippen LogP contribution is 2.48. The van der Waals surface area contributed by atoms with E-state index >= 15 is 0 Å². The summed E-state index contributed by atoms with van der Waals surface area (Å²) in [7, 11) is 2.15. The van der Waals surface area contributed by atoms with E-state index < -0.39 is 0 Å². The molecule has 0 fully saturated rings. The van der Waals surface area contributed by atoms with Crippen molar-refractivity contribution in [3.8, 4) is 22.3 Å². The highest BCUT2D eigenvalue weighted by Gasteiger charge is 2.25. The van der Waals surface area contributed by atoms with Gasteiger partial charge in [-0.1, -0.05) is 38.4 Å². The minimum absolute atomic E-state index is 0.0435. The minimum Gasteiger partial charge on any atom is -0.144 e. The lowest BCUT2D eigenvalue weighted by molar-refractivity contribution is 0.589. The Morgan fingerprint density at radius 2 is 1.15 bits per heavy atom. The normalized spacial score (nSPS) is 11.9. The third kappa shape index (κ3) is 4.44. The van der Waals surface area contributed by atoms with Gasteiger partial charge in [-0.2, -0.15) is 0 Å². The lowest BCUT2D eigenvalue weighted by Crippen LogP contribution is -2.15. The van der Waals surface area contributed by atoms with E-state index in [0.717, 1.165) is 36.3 Å². The SMILES string of the molecule is Bc1c(C)c(-c2c(C)c(S)c(S)c(-c3cc(C(C)(C)C)cc(C)c3C)c2S)c(C)c(C)c1S. The zero-order valence-electron chi connectivity index (χ0n) is 21.4. The number of rotatable bonds is 2. The molecule has 33 heavy (non-hydrogen) atoms. The number of thiol groups is 4. The zero-order chi connectivity index (χ0) is 25.2. The van der Waals surface area contributed by atoms with E-state index in [0.29, 0.717) is 0 Å². The van der Waals surface area contributed by atoms with Gasteiger partial charge in [-0.05, 0) is 97.0 Å². The van der Waals surface area contributed by atoms with E-state index in [1.807, 2.05) is 0 Å². The van der Waals surface area contributed by atoms with Crippen LogP contribution >= 0.6 is 50.5 Å². The molecule has 0 spiro atoms. The molecular weight excluding hydrogens is 475 g/mol. The summed E-state index contributed by atoms with van der Waals surface area (Å²) in [5, 5.41) is 0. The van der Waals surface area contributed by atoms with E-state index in [1.54, 1.807) is 0 Å². The fraction of sp³-hybridized carbons (Fsp3) is 0.357. The van der Waals surface area contributed by atoms with E-state index in [-0.39, 0.29) is 5.41 Å². The van der Waals surface area contributed by atoms with Crippen LogP contribution < -0.4 is 5.46 Å². The Kier molecular flexibility index (Phi) is 7.53. The van der Waals surface area contributed by atoms with Crippen LogP contribution in [0.25, 0.3) is 22.3 Å². The van der Waals surface area contributed by atoms with Gasteiger partial charge in [0.05, 0.1) is 0 Å². The fourth-order valence-electron chi connectivity index (χ4n) is 4.61. The molecule has 0 heterocycles. The molecule has 0 aliphatic rings. The first-order valence-electron chi connectivity index (χ1n) is 11.3. The first kappa shape index (κ1) is 26.7. The summed E-state index contributed by atoms with van der Waals surface area (Å²) in [5.41, 5.74) is 14.5. The molecule has 0 atom stereocenters. The first-order valence-corrected chi connectivity index (χ1v) is 13.1. The lowest BCUT2D eigenvalue weighted by Gasteiger charge is -2.27. The van der Waals surface area contributed by atoms with Crippen molar-refractivity contribution in [3.05, 3.63) is 51.1 Å². The van der Waals surface area contributed by atoms with Gasteiger partial charge in [0.15, 0.2) is 0 Å². The van der Waals surface area contributed by atoms with Crippen LogP contribution in [0.4, 0.5) is 0 Å². The second-order valence-electron chi connectivity index (χ2n) is 10.4. The predicted octanol–water partition coefficient (Wildman–Crippen LogP) is 7.58. The van der Waals surface area contributed by atoms with Crippen molar-refractivity contribution in [3.63, 3.8) is 0 Å². The second kappa shape index (κ2) is 9.30. The molecule has 0 aliphatic heterocycles. The van der Waals surface area contributed by atoms with Crippen LogP contribution in [0.3, 0.4) is 0 Å². The maximum Gasteiger partial charge on any atom is 0.141 e. The summed E-state index contributed by atoms with van der Waals surface area (Å²) in [6.07, 6.45) is 0. The average Bonchev–Trinajstić information content (AvgIpc) is 2.73. The predicted molar refractivity (Wildman–Crippen MR) is 162 cm³/mol. The molecule has 0 amide bonds. The number of benzene rings is 3. The maximum absolute atomic E-state index is 5.20. The Labute approximate surface area is 223 Å². The van der Waals surface area contributed by atoms with Gasteiger partial charge in [-0.15, -0.1) is 50.5 Å². The highest BCUT2D eigenvalue weighted by molar-refractivity contribution is 7.84. The van der Waals surface area contributed by atoms with Gasteiger partial charge in [0.25, 0.3) is 0 Å². The van der Waals surface area contributed by atoms with Gasteiger partial charge in [0.1, 0.15) is 7.85 Å². The Hall–Kier alpha value is -0.875. The van der Waals surface area contributed by atoms with Crippen molar-refractivity contribution in [2.45, 2.75) is 87.3 Å². The molecule has 0 unspecified atom stereocenters. The van der Waals surface area contributed by atoms with Crippen molar-refractivity contribution in [1.29, 1.82) is 0 Å². The topological polar surface area (TPSA) is 0 Å². The summed E-state index contributed by atoms with van der Waals surface area (Å²) in [6.45, 7) is 19.8. The van der Waals surface area contributed by atoms with Crippen LogP contribution in [0.15, 0.2) is 31.7 Å². The van der Waals surface area contributed by atoms with Crippen molar-refractivity contribution in [2.24, 2.45) is 0 Å². The van der Waals surface area contributed by atoms with Gasteiger partial charge >= 0.3 is 0 Å². The molecular formula is C28H35BS4. The smallest absolute Gasteiger partial charge is 0.141 e. The summed E-state index contributed by atoms with van der Waals surface area (Å²) in [6, 6.07) is 4.62. The third-order valence-electron chi connectivity index (χ3n) is 7.30. The molecule has 0 N–H and O–H groups in total. The minimum atomic E-state index is 0.0435. The quantitative estimate of drug-likeness (QED) is 0.198. The monoisotopic (exact) mass is 510 g/mol. The van der Waals surface area contributed by atoms with Crippen molar-refractivity contribution < 1.29 is 0 Å². The Bertz CT molecular complexity index is 1270. The van der Waals surface area contributed by atoms with Crippen LogP contribution in [0.2, 0.25) is 0 Å². The largest absolute Gasteiger partial charge is 0.144 e. The highest BCUT2D eigenvalue weighted by atomic mass is 32.1. The number of aryl methyl sites for hydroxylation is 1. The zero-order valence-corrected chi connectivity index (χ0v) is 25.0. The van der Waals surface area contributed by atoms with Gasteiger partial charge in [0, 0.05) is 30.7 Å². The Morgan fingerprint density at radius 1 is 0.576 bits per heavy atom. The van der Waals surface area contributed by atoms with Gasteiger partial charge in [-0.25, -0.2) is 0 Å². The third-order valence-corrected chi connectivity index (χ3v) is 9.60. The molecule has 3 aromatic carbocycles.